The Bertz CT molecular complexity index is 864. The summed E-state index contributed by atoms with van der Waals surface area (Å²) in [4.78, 5) is 23.4. The SMILES string of the molecule is CSNC(=O)c1cccc(C2Nc3ccc(C(=O)O)cc3CC2(C)C)c1. The normalized spacial score (nSPS) is 17.7. The van der Waals surface area contributed by atoms with E-state index in [2.05, 4.69) is 23.9 Å². The van der Waals surface area contributed by atoms with Crippen LogP contribution in [0, 0.1) is 5.41 Å². The van der Waals surface area contributed by atoms with Crippen LogP contribution >= 0.6 is 11.9 Å². The summed E-state index contributed by atoms with van der Waals surface area (Å²) < 4.78 is 2.75. The Labute approximate surface area is 157 Å². The molecule has 136 valence electrons. The van der Waals surface area contributed by atoms with Crippen LogP contribution in [0.25, 0.3) is 0 Å². The minimum absolute atomic E-state index is 0.0210. The highest BCUT2D eigenvalue weighted by Gasteiger charge is 2.36. The average Bonchev–Trinajstić information content (AvgIpc) is 2.60. The van der Waals surface area contributed by atoms with Crippen LogP contribution in [0.3, 0.4) is 0 Å². The van der Waals surface area contributed by atoms with Gasteiger partial charge < -0.3 is 10.4 Å². The number of hydrogen-bond acceptors (Lipinski definition) is 4. The van der Waals surface area contributed by atoms with Crippen LogP contribution in [0.2, 0.25) is 0 Å². The topological polar surface area (TPSA) is 78.4 Å². The molecule has 5 nitrogen and oxygen atoms in total. The smallest absolute Gasteiger partial charge is 0.335 e. The van der Waals surface area contributed by atoms with Crippen molar-refractivity contribution >= 4 is 29.5 Å². The highest BCUT2D eigenvalue weighted by molar-refractivity contribution is 7.97. The molecule has 0 radical (unpaired) electrons. The Morgan fingerprint density at radius 3 is 2.65 bits per heavy atom. The van der Waals surface area contributed by atoms with Crippen molar-refractivity contribution in [2.45, 2.75) is 26.3 Å². The lowest BCUT2D eigenvalue weighted by Gasteiger charge is -2.41. The third kappa shape index (κ3) is 3.55. The summed E-state index contributed by atoms with van der Waals surface area (Å²) in [6.45, 7) is 4.30. The summed E-state index contributed by atoms with van der Waals surface area (Å²) in [6.07, 6.45) is 2.57. The molecule has 0 aliphatic carbocycles. The van der Waals surface area contributed by atoms with Crippen molar-refractivity contribution in [3.8, 4) is 0 Å². The molecule has 0 spiro atoms. The third-order valence-electron chi connectivity index (χ3n) is 4.76. The second-order valence-corrected chi connectivity index (χ2v) is 7.79. The molecular weight excluding hydrogens is 348 g/mol. The largest absolute Gasteiger partial charge is 0.478 e. The Balaban J connectivity index is 1.95. The van der Waals surface area contributed by atoms with Gasteiger partial charge in [-0.25, -0.2) is 4.79 Å². The quantitative estimate of drug-likeness (QED) is 0.706. The second-order valence-electron chi connectivity index (χ2n) is 7.18. The molecule has 1 atom stereocenters. The predicted octanol–water partition coefficient (Wildman–Crippen LogP) is 4.13. The van der Waals surface area contributed by atoms with E-state index in [1.165, 1.54) is 11.9 Å². The number of rotatable bonds is 4. The lowest BCUT2D eigenvalue weighted by Crippen LogP contribution is -2.35. The van der Waals surface area contributed by atoms with Crippen LogP contribution in [0.15, 0.2) is 42.5 Å². The van der Waals surface area contributed by atoms with Gasteiger partial charge in [0.2, 0.25) is 0 Å². The van der Waals surface area contributed by atoms with Gasteiger partial charge in [-0.15, -0.1) is 0 Å². The fourth-order valence-electron chi connectivity index (χ4n) is 3.50. The second kappa shape index (κ2) is 7.03. The van der Waals surface area contributed by atoms with Gasteiger partial charge in [0.05, 0.1) is 11.6 Å². The molecule has 6 heteroatoms. The van der Waals surface area contributed by atoms with Crippen molar-refractivity contribution in [3.63, 3.8) is 0 Å². The summed E-state index contributed by atoms with van der Waals surface area (Å²) in [5.74, 6) is -1.03. The molecule has 2 aromatic carbocycles. The van der Waals surface area contributed by atoms with E-state index in [4.69, 9.17) is 0 Å². The van der Waals surface area contributed by atoms with Gasteiger partial charge in [-0.05, 0) is 53.3 Å². The Hall–Kier alpha value is -2.47. The number of aromatic carboxylic acids is 1. The number of amides is 1. The van der Waals surface area contributed by atoms with E-state index < -0.39 is 5.97 Å². The van der Waals surface area contributed by atoms with Crippen molar-refractivity contribution in [1.82, 2.24) is 4.72 Å². The van der Waals surface area contributed by atoms with E-state index in [1.54, 1.807) is 18.2 Å². The van der Waals surface area contributed by atoms with E-state index in [9.17, 15) is 14.7 Å². The summed E-state index contributed by atoms with van der Waals surface area (Å²) in [5, 5.41) is 12.8. The number of fused-ring (bicyclic) bond motifs is 1. The summed E-state index contributed by atoms with van der Waals surface area (Å²) >= 11 is 1.28. The standard InChI is InChI=1S/C20H22N2O3S/c1-20(2)11-15-10-14(19(24)25)7-8-16(15)21-17(20)12-5-4-6-13(9-12)18(23)22-26-3/h4-10,17,21H,11H2,1-3H3,(H,22,23)(H,24,25). The Morgan fingerprint density at radius 2 is 1.96 bits per heavy atom. The molecule has 0 saturated heterocycles. The molecule has 1 aliphatic rings. The molecule has 0 saturated carbocycles. The summed E-state index contributed by atoms with van der Waals surface area (Å²) in [5.41, 5.74) is 3.77. The zero-order chi connectivity index (χ0) is 18.9. The fourth-order valence-corrected chi connectivity index (χ4v) is 3.81. The van der Waals surface area contributed by atoms with Crippen molar-refractivity contribution in [2.75, 3.05) is 11.6 Å². The number of carboxylic acids is 1. The van der Waals surface area contributed by atoms with Crippen molar-refractivity contribution in [2.24, 2.45) is 5.41 Å². The Kier molecular flexibility index (Phi) is 4.96. The van der Waals surface area contributed by atoms with Crippen molar-refractivity contribution in [1.29, 1.82) is 0 Å². The highest BCUT2D eigenvalue weighted by atomic mass is 32.2. The van der Waals surface area contributed by atoms with Crippen LogP contribution < -0.4 is 10.0 Å². The van der Waals surface area contributed by atoms with Crippen LogP contribution in [0.4, 0.5) is 5.69 Å². The van der Waals surface area contributed by atoms with E-state index in [-0.39, 0.29) is 17.4 Å². The number of anilines is 1. The van der Waals surface area contributed by atoms with Gasteiger partial charge in [-0.3, -0.25) is 9.52 Å². The number of carbonyl (C=O) groups excluding carboxylic acids is 1. The van der Waals surface area contributed by atoms with E-state index in [0.29, 0.717) is 11.1 Å². The van der Waals surface area contributed by atoms with Gasteiger partial charge in [0.25, 0.3) is 5.91 Å². The number of carboxylic acid groups (broad SMARTS) is 1. The molecular formula is C20H22N2O3S. The number of carbonyl (C=O) groups is 2. The number of nitrogens with one attached hydrogen (secondary N) is 2. The fraction of sp³-hybridized carbons (Fsp3) is 0.300. The van der Waals surface area contributed by atoms with Crippen molar-refractivity contribution < 1.29 is 14.7 Å². The number of benzene rings is 2. The number of hydrogen-bond donors (Lipinski definition) is 3. The van der Waals surface area contributed by atoms with Gasteiger partial charge in [-0.2, -0.15) is 0 Å². The maximum Gasteiger partial charge on any atom is 0.335 e. The van der Waals surface area contributed by atoms with Crippen molar-refractivity contribution in [3.05, 3.63) is 64.7 Å². The monoisotopic (exact) mass is 370 g/mol. The van der Waals surface area contributed by atoms with Crippen LogP contribution in [-0.2, 0) is 6.42 Å². The average molecular weight is 370 g/mol. The molecule has 0 aromatic heterocycles. The molecule has 1 unspecified atom stereocenters. The summed E-state index contributed by atoms with van der Waals surface area (Å²) in [7, 11) is 0. The molecule has 2 aromatic rings. The zero-order valence-corrected chi connectivity index (χ0v) is 15.8. The van der Waals surface area contributed by atoms with E-state index >= 15 is 0 Å². The molecule has 1 amide bonds. The van der Waals surface area contributed by atoms with Crippen LogP contribution in [0.1, 0.15) is 51.7 Å². The summed E-state index contributed by atoms with van der Waals surface area (Å²) in [6, 6.07) is 12.8. The Morgan fingerprint density at radius 1 is 1.19 bits per heavy atom. The molecule has 1 aliphatic heterocycles. The van der Waals surface area contributed by atoms with Crippen LogP contribution in [-0.4, -0.2) is 23.2 Å². The van der Waals surface area contributed by atoms with Gasteiger partial charge >= 0.3 is 5.97 Å². The molecule has 3 N–H and O–H groups in total. The van der Waals surface area contributed by atoms with Gasteiger partial charge in [0.15, 0.2) is 0 Å². The van der Waals surface area contributed by atoms with Gasteiger partial charge in [0.1, 0.15) is 0 Å². The molecule has 3 rings (SSSR count). The minimum Gasteiger partial charge on any atom is -0.478 e. The first-order valence-corrected chi connectivity index (χ1v) is 9.60. The van der Waals surface area contributed by atoms with Crippen LogP contribution in [0.5, 0.6) is 0 Å². The minimum atomic E-state index is -0.916. The third-order valence-corrected chi connectivity index (χ3v) is 5.15. The highest BCUT2D eigenvalue weighted by Crippen LogP contribution is 2.45. The maximum atomic E-state index is 12.1. The molecule has 1 heterocycles. The molecule has 0 bridgehead atoms. The van der Waals surface area contributed by atoms with Gasteiger partial charge in [0, 0.05) is 17.5 Å². The first-order chi connectivity index (χ1) is 12.3. The molecule has 26 heavy (non-hydrogen) atoms. The predicted molar refractivity (Wildman–Crippen MR) is 105 cm³/mol. The first-order valence-electron chi connectivity index (χ1n) is 8.38. The molecule has 0 fully saturated rings. The van der Waals surface area contributed by atoms with Gasteiger partial charge in [-0.1, -0.05) is 37.9 Å². The maximum absolute atomic E-state index is 12.1. The first kappa shape index (κ1) is 18.3. The lowest BCUT2D eigenvalue weighted by atomic mass is 9.72. The van der Waals surface area contributed by atoms with E-state index in [0.717, 1.165) is 23.2 Å². The lowest BCUT2D eigenvalue weighted by molar-refractivity contribution is 0.0696. The zero-order valence-electron chi connectivity index (χ0n) is 15.0. The van der Waals surface area contributed by atoms with E-state index in [1.807, 2.05) is 30.5 Å².